The molecular formula is C12H7BrClFN2O. The number of pyridine rings is 1. The molecule has 0 radical (unpaired) electrons. The summed E-state index contributed by atoms with van der Waals surface area (Å²) in [5, 5.41) is 3.16. The van der Waals surface area contributed by atoms with E-state index in [1.165, 1.54) is 6.20 Å². The van der Waals surface area contributed by atoms with Crippen molar-refractivity contribution < 1.29 is 9.18 Å². The number of anilines is 1. The van der Waals surface area contributed by atoms with Crippen LogP contribution in [0.2, 0.25) is 5.02 Å². The number of benzene rings is 1. The molecule has 0 atom stereocenters. The van der Waals surface area contributed by atoms with Gasteiger partial charge in [-0.25, -0.2) is 4.39 Å². The molecule has 1 amide bonds. The normalized spacial score (nSPS) is 10.2. The van der Waals surface area contributed by atoms with Gasteiger partial charge in [0, 0.05) is 16.4 Å². The second-order valence-electron chi connectivity index (χ2n) is 3.47. The largest absolute Gasteiger partial charge is 0.322 e. The van der Waals surface area contributed by atoms with Gasteiger partial charge < -0.3 is 5.32 Å². The van der Waals surface area contributed by atoms with Gasteiger partial charge in [0.15, 0.2) is 0 Å². The maximum absolute atomic E-state index is 12.9. The first-order valence-corrected chi connectivity index (χ1v) is 6.10. The fourth-order valence-electron chi connectivity index (χ4n) is 1.31. The third kappa shape index (κ3) is 3.05. The van der Waals surface area contributed by atoms with E-state index < -0.39 is 11.7 Å². The van der Waals surface area contributed by atoms with Crippen LogP contribution in [0.25, 0.3) is 0 Å². The molecule has 0 aliphatic carbocycles. The maximum Gasteiger partial charge on any atom is 0.257 e. The van der Waals surface area contributed by atoms with Crippen molar-refractivity contribution in [1.82, 2.24) is 4.98 Å². The minimum absolute atomic E-state index is 0.154. The molecule has 0 unspecified atom stereocenters. The number of hydrogen-bond acceptors (Lipinski definition) is 2. The first-order chi connectivity index (χ1) is 8.56. The highest BCUT2D eigenvalue weighted by molar-refractivity contribution is 9.10. The van der Waals surface area contributed by atoms with Gasteiger partial charge in [-0.05, 0) is 40.2 Å². The van der Waals surface area contributed by atoms with Crippen LogP contribution in [-0.2, 0) is 0 Å². The number of amides is 1. The molecule has 2 rings (SSSR count). The predicted octanol–water partition coefficient (Wildman–Crippen LogP) is 3.89. The van der Waals surface area contributed by atoms with E-state index in [0.717, 1.165) is 12.3 Å². The van der Waals surface area contributed by atoms with Crippen molar-refractivity contribution in [2.75, 3.05) is 5.32 Å². The Morgan fingerprint density at radius 3 is 2.78 bits per heavy atom. The zero-order chi connectivity index (χ0) is 13.1. The molecule has 1 aromatic carbocycles. The number of carbonyl (C=O) groups is 1. The van der Waals surface area contributed by atoms with Crippen molar-refractivity contribution in [3.05, 3.63) is 57.5 Å². The smallest absolute Gasteiger partial charge is 0.257 e. The Hall–Kier alpha value is -1.46. The third-order valence-electron chi connectivity index (χ3n) is 2.14. The number of rotatable bonds is 2. The number of nitrogens with zero attached hydrogens (tertiary/aromatic N) is 1. The lowest BCUT2D eigenvalue weighted by molar-refractivity contribution is 0.102. The molecule has 1 N–H and O–H groups in total. The van der Waals surface area contributed by atoms with E-state index >= 15 is 0 Å². The van der Waals surface area contributed by atoms with E-state index in [4.69, 9.17) is 11.6 Å². The van der Waals surface area contributed by atoms with Crippen molar-refractivity contribution in [2.45, 2.75) is 0 Å². The SMILES string of the molecule is O=C(Nc1ccc(Cl)c(Br)c1)c1cncc(F)c1. The highest BCUT2D eigenvalue weighted by Crippen LogP contribution is 2.25. The molecule has 3 nitrogen and oxygen atoms in total. The molecule has 0 saturated carbocycles. The standard InChI is InChI=1S/C12H7BrClFN2O/c13-10-4-9(1-2-11(10)14)17-12(18)7-3-8(15)6-16-5-7/h1-6H,(H,17,18). The molecule has 1 aromatic heterocycles. The lowest BCUT2D eigenvalue weighted by atomic mass is 10.2. The summed E-state index contributed by atoms with van der Waals surface area (Å²) in [5.74, 6) is -0.990. The lowest BCUT2D eigenvalue weighted by Gasteiger charge is -2.06. The lowest BCUT2D eigenvalue weighted by Crippen LogP contribution is -2.12. The Kier molecular flexibility index (Phi) is 3.93. The summed E-state index contributed by atoms with van der Waals surface area (Å²) in [6.45, 7) is 0. The highest BCUT2D eigenvalue weighted by Gasteiger charge is 2.08. The Bertz CT molecular complexity index is 606. The zero-order valence-corrected chi connectivity index (χ0v) is 11.3. The Labute approximate surface area is 116 Å². The third-order valence-corrected chi connectivity index (χ3v) is 3.36. The van der Waals surface area contributed by atoms with Gasteiger partial charge in [-0.15, -0.1) is 0 Å². The Morgan fingerprint density at radius 2 is 2.11 bits per heavy atom. The van der Waals surface area contributed by atoms with Crippen molar-refractivity contribution >= 4 is 39.1 Å². The van der Waals surface area contributed by atoms with Crippen molar-refractivity contribution in [1.29, 1.82) is 0 Å². The predicted molar refractivity (Wildman–Crippen MR) is 71.3 cm³/mol. The fourth-order valence-corrected chi connectivity index (χ4v) is 1.81. The average Bonchev–Trinajstić information content (AvgIpc) is 2.34. The summed E-state index contributed by atoms with van der Waals surface area (Å²) in [6, 6.07) is 6.07. The number of carbonyl (C=O) groups excluding carboxylic acids is 1. The second-order valence-corrected chi connectivity index (χ2v) is 4.74. The summed E-state index contributed by atoms with van der Waals surface area (Å²) in [4.78, 5) is 15.4. The van der Waals surface area contributed by atoms with Crippen LogP contribution in [0.4, 0.5) is 10.1 Å². The van der Waals surface area contributed by atoms with Crippen molar-refractivity contribution in [3.63, 3.8) is 0 Å². The number of hydrogen-bond donors (Lipinski definition) is 1. The first-order valence-electron chi connectivity index (χ1n) is 4.93. The molecule has 0 bridgehead atoms. The highest BCUT2D eigenvalue weighted by atomic mass is 79.9. The van der Waals surface area contributed by atoms with Gasteiger partial charge >= 0.3 is 0 Å². The van der Waals surface area contributed by atoms with Gasteiger partial charge in [-0.3, -0.25) is 9.78 Å². The molecule has 0 fully saturated rings. The molecule has 0 spiro atoms. The molecule has 6 heteroatoms. The Morgan fingerprint density at radius 1 is 1.33 bits per heavy atom. The van der Waals surface area contributed by atoms with Crippen LogP contribution in [-0.4, -0.2) is 10.9 Å². The van der Waals surface area contributed by atoms with Crippen LogP contribution in [0.5, 0.6) is 0 Å². The quantitative estimate of drug-likeness (QED) is 0.908. The molecule has 0 saturated heterocycles. The fraction of sp³-hybridized carbons (Fsp3) is 0. The van der Waals surface area contributed by atoms with Crippen LogP contribution in [0.15, 0.2) is 41.1 Å². The van der Waals surface area contributed by atoms with Crippen molar-refractivity contribution in [2.24, 2.45) is 0 Å². The van der Waals surface area contributed by atoms with E-state index in [0.29, 0.717) is 15.2 Å². The molecule has 0 aliphatic heterocycles. The second kappa shape index (κ2) is 5.46. The van der Waals surface area contributed by atoms with Gasteiger partial charge in [0.05, 0.1) is 16.8 Å². The molecule has 92 valence electrons. The molecule has 1 heterocycles. The maximum atomic E-state index is 12.9. The van der Waals surface area contributed by atoms with Gasteiger partial charge in [0.25, 0.3) is 5.91 Å². The first kappa shape index (κ1) is 13.0. The van der Waals surface area contributed by atoms with Crippen LogP contribution < -0.4 is 5.32 Å². The summed E-state index contributed by atoms with van der Waals surface area (Å²) in [6.07, 6.45) is 2.33. The zero-order valence-electron chi connectivity index (χ0n) is 8.95. The van der Waals surface area contributed by atoms with E-state index in [-0.39, 0.29) is 5.56 Å². The minimum atomic E-state index is -0.556. The van der Waals surface area contributed by atoms with Gasteiger partial charge in [0.2, 0.25) is 0 Å². The van der Waals surface area contributed by atoms with Crippen molar-refractivity contribution in [3.8, 4) is 0 Å². The van der Waals surface area contributed by atoms with E-state index in [2.05, 4.69) is 26.2 Å². The van der Waals surface area contributed by atoms with E-state index in [1.807, 2.05) is 0 Å². The van der Waals surface area contributed by atoms with Crippen LogP contribution in [0.1, 0.15) is 10.4 Å². The number of nitrogens with one attached hydrogen (secondary N) is 1. The van der Waals surface area contributed by atoms with Gasteiger partial charge in [-0.1, -0.05) is 11.6 Å². The molecule has 0 aliphatic rings. The summed E-state index contributed by atoms with van der Waals surface area (Å²) in [5.41, 5.74) is 0.710. The number of halogens is 3. The van der Waals surface area contributed by atoms with Gasteiger partial charge in [-0.2, -0.15) is 0 Å². The topological polar surface area (TPSA) is 42.0 Å². The van der Waals surface area contributed by atoms with E-state index in [9.17, 15) is 9.18 Å². The van der Waals surface area contributed by atoms with Gasteiger partial charge in [0.1, 0.15) is 5.82 Å². The minimum Gasteiger partial charge on any atom is -0.322 e. The van der Waals surface area contributed by atoms with Crippen LogP contribution in [0, 0.1) is 5.82 Å². The summed E-state index contributed by atoms with van der Waals surface area (Å²) in [7, 11) is 0. The average molecular weight is 330 g/mol. The van der Waals surface area contributed by atoms with E-state index in [1.54, 1.807) is 18.2 Å². The number of aromatic nitrogens is 1. The summed E-state index contributed by atoms with van der Waals surface area (Å²) >= 11 is 9.08. The molecule has 18 heavy (non-hydrogen) atoms. The summed E-state index contributed by atoms with van der Waals surface area (Å²) < 4.78 is 13.6. The van der Waals surface area contributed by atoms with Crippen LogP contribution in [0.3, 0.4) is 0 Å². The Balaban J connectivity index is 2.18. The monoisotopic (exact) mass is 328 g/mol. The molecular weight excluding hydrogens is 322 g/mol. The molecule has 2 aromatic rings. The van der Waals surface area contributed by atoms with Crippen LogP contribution >= 0.6 is 27.5 Å².